The smallest absolute Gasteiger partial charge is 0.321 e. The Bertz CT molecular complexity index is 482. The van der Waals surface area contributed by atoms with E-state index in [1.54, 1.807) is 0 Å². The van der Waals surface area contributed by atoms with Crippen molar-refractivity contribution in [3.63, 3.8) is 0 Å². The first kappa shape index (κ1) is 16.5. The maximum atomic E-state index is 11.8. The van der Waals surface area contributed by atoms with Gasteiger partial charge in [0.05, 0.1) is 0 Å². The van der Waals surface area contributed by atoms with Crippen LogP contribution in [0.25, 0.3) is 0 Å². The first-order valence-electron chi connectivity index (χ1n) is 7.97. The van der Waals surface area contributed by atoms with Gasteiger partial charge in [-0.15, -0.1) is 0 Å². The van der Waals surface area contributed by atoms with Crippen molar-refractivity contribution in [2.75, 3.05) is 19.6 Å². The second-order valence-electron chi connectivity index (χ2n) is 5.99. The lowest BCUT2D eigenvalue weighted by atomic mass is 9.99. The zero-order valence-electron chi connectivity index (χ0n) is 13.2. The molecule has 2 rings (SSSR count). The molecule has 0 aromatic heterocycles. The molecule has 1 fully saturated rings. The first-order chi connectivity index (χ1) is 10.6. The number of nitrogens with one attached hydrogen (secondary N) is 2. The SMILES string of the molecule is CC1CCN(CCC(=O)NC(=O)NCc2ccccc2)CC1. The van der Waals surface area contributed by atoms with E-state index in [0.717, 1.165) is 31.1 Å². The lowest BCUT2D eigenvalue weighted by Crippen LogP contribution is -2.41. The summed E-state index contributed by atoms with van der Waals surface area (Å²) in [6.45, 7) is 5.51. The summed E-state index contributed by atoms with van der Waals surface area (Å²) in [7, 11) is 0. The Labute approximate surface area is 132 Å². The van der Waals surface area contributed by atoms with E-state index in [9.17, 15) is 9.59 Å². The molecule has 2 N–H and O–H groups in total. The number of piperidine rings is 1. The first-order valence-corrected chi connectivity index (χ1v) is 7.97. The van der Waals surface area contributed by atoms with E-state index >= 15 is 0 Å². The largest absolute Gasteiger partial charge is 0.334 e. The topological polar surface area (TPSA) is 61.4 Å². The molecule has 22 heavy (non-hydrogen) atoms. The zero-order valence-corrected chi connectivity index (χ0v) is 13.2. The average Bonchev–Trinajstić information content (AvgIpc) is 2.53. The van der Waals surface area contributed by atoms with Crippen LogP contribution in [-0.2, 0) is 11.3 Å². The van der Waals surface area contributed by atoms with Gasteiger partial charge in [0.2, 0.25) is 5.91 Å². The third kappa shape index (κ3) is 5.85. The summed E-state index contributed by atoms with van der Waals surface area (Å²) >= 11 is 0. The Kier molecular flexibility index (Phi) is 6.40. The van der Waals surface area contributed by atoms with E-state index in [1.807, 2.05) is 30.3 Å². The minimum Gasteiger partial charge on any atom is -0.334 e. The van der Waals surface area contributed by atoms with Crippen molar-refractivity contribution in [3.8, 4) is 0 Å². The van der Waals surface area contributed by atoms with Crippen molar-refractivity contribution < 1.29 is 9.59 Å². The van der Waals surface area contributed by atoms with E-state index in [-0.39, 0.29) is 5.91 Å². The minimum absolute atomic E-state index is 0.218. The van der Waals surface area contributed by atoms with Crippen LogP contribution in [-0.4, -0.2) is 36.5 Å². The third-order valence-electron chi connectivity index (χ3n) is 4.08. The second kappa shape index (κ2) is 8.54. The maximum absolute atomic E-state index is 11.8. The minimum atomic E-state index is -0.430. The number of hydrogen-bond acceptors (Lipinski definition) is 3. The maximum Gasteiger partial charge on any atom is 0.321 e. The Hall–Kier alpha value is -1.88. The van der Waals surface area contributed by atoms with Gasteiger partial charge in [-0.3, -0.25) is 10.1 Å². The van der Waals surface area contributed by atoms with Crippen molar-refractivity contribution in [2.24, 2.45) is 5.92 Å². The van der Waals surface area contributed by atoms with Gasteiger partial charge in [0.25, 0.3) is 0 Å². The van der Waals surface area contributed by atoms with Gasteiger partial charge in [-0.05, 0) is 37.4 Å². The fourth-order valence-corrected chi connectivity index (χ4v) is 2.56. The predicted octanol–water partition coefficient (Wildman–Crippen LogP) is 2.13. The molecule has 1 aliphatic heterocycles. The molecule has 1 saturated heterocycles. The molecule has 120 valence electrons. The standard InChI is InChI=1S/C17H25N3O2/c1-14-7-10-20(11-8-14)12-9-16(21)19-17(22)18-13-15-5-3-2-4-6-15/h2-6,14H,7-13H2,1H3,(H2,18,19,21,22). The van der Waals surface area contributed by atoms with Crippen molar-refractivity contribution >= 4 is 11.9 Å². The van der Waals surface area contributed by atoms with Crippen LogP contribution in [0.15, 0.2) is 30.3 Å². The van der Waals surface area contributed by atoms with E-state index in [4.69, 9.17) is 0 Å². The molecule has 0 spiro atoms. The van der Waals surface area contributed by atoms with Crippen LogP contribution in [0.2, 0.25) is 0 Å². The Morgan fingerprint density at radius 3 is 2.55 bits per heavy atom. The average molecular weight is 303 g/mol. The molecule has 5 nitrogen and oxygen atoms in total. The van der Waals surface area contributed by atoms with Crippen LogP contribution in [0.1, 0.15) is 31.7 Å². The summed E-state index contributed by atoms with van der Waals surface area (Å²) in [6.07, 6.45) is 2.76. The number of carbonyl (C=O) groups excluding carboxylic acids is 2. The Morgan fingerprint density at radius 1 is 1.18 bits per heavy atom. The zero-order chi connectivity index (χ0) is 15.8. The van der Waals surface area contributed by atoms with Crippen LogP contribution in [0.3, 0.4) is 0 Å². The van der Waals surface area contributed by atoms with Crippen LogP contribution in [0, 0.1) is 5.92 Å². The number of hydrogen-bond donors (Lipinski definition) is 2. The highest BCUT2D eigenvalue weighted by Gasteiger charge is 2.16. The number of amides is 3. The molecule has 0 atom stereocenters. The molecule has 0 saturated carbocycles. The van der Waals surface area contributed by atoms with Gasteiger partial charge in [-0.25, -0.2) is 4.79 Å². The summed E-state index contributed by atoms with van der Waals surface area (Å²) < 4.78 is 0. The molecule has 0 radical (unpaired) electrons. The number of rotatable bonds is 5. The number of likely N-dealkylation sites (tertiary alicyclic amines) is 1. The number of benzene rings is 1. The van der Waals surface area contributed by atoms with Gasteiger partial charge in [-0.1, -0.05) is 37.3 Å². The molecule has 0 unspecified atom stereocenters. The molecule has 0 bridgehead atoms. The molecule has 5 heteroatoms. The molecular weight excluding hydrogens is 278 g/mol. The van der Waals surface area contributed by atoms with Gasteiger partial charge >= 0.3 is 6.03 Å². The van der Waals surface area contributed by atoms with Crippen LogP contribution < -0.4 is 10.6 Å². The van der Waals surface area contributed by atoms with E-state index in [0.29, 0.717) is 13.0 Å². The van der Waals surface area contributed by atoms with Gasteiger partial charge in [-0.2, -0.15) is 0 Å². The number of imide groups is 1. The monoisotopic (exact) mass is 303 g/mol. The number of nitrogens with zero attached hydrogens (tertiary/aromatic N) is 1. The highest BCUT2D eigenvalue weighted by atomic mass is 16.2. The lowest BCUT2D eigenvalue weighted by Gasteiger charge is -2.29. The highest BCUT2D eigenvalue weighted by Crippen LogP contribution is 2.15. The van der Waals surface area contributed by atoms with Crippen molar-refractivity contribution in [3.05, 3.63) is 35.9 Å². The molecule has 1 aromatic carbocycles. The summed E-state index contributed by atoms with van der Waals surface area (Å²) in [5.74, 6) is 0.568. The Morgan fingerprint density at radius 2 is 1.86 bits per heavy atom. The van der Waals surface area contributed by atoms with Gasteiger partial charge < -0.3 is 10.2 Å². The summed E-state index contributed by atoms with van der Waals surface area (Å²) in [5.41, 5.74) is 1.01. The Balaban J connectivity index is 1.61. The highest BCUT2D eigenvalue weighted by molar-refractivity contribution is 5.94. The van der Waals surface area contributed by atoms with E-state index < -0.39 is 6.03 Å². The number of urea groups is 1. The molecule has 1 aromatic rings. The summed E-state index contributed by atoms with van der Waals surface area (Å²) in [4.78, 5) is 25.7. The molecule has 0 aliphatic carbocycles. The molecular formula is C17H25N3O2. The fourth-order valence-electron chi connectivity index (χ4n) is 2.56. The number of carbonyl (C=O) groups is 2. The molecule has 3 amide bonds. The van der Waals surface area contributed by atoms with Gasteiger partial charge in [0.15, 0.2) is 0 Å². The summed E-state index contributed by atoms with van der Waals surface area (Å²) in [6, 6.07) is 9.19. The van der Waals surface area contributed by atoms with Crippen LogP contribution >= 0.6 is 0 Å². The van der Waals surface area contributed by atoms with Gasteiger partial charge in [0.1, 0.15) is 0 Å². The third-order valence-corrected chi connectivity index (χ3v) is 4.08. The normalized spacial score (nSPS) is 16.2. The molecule has 1 aliphatic rings. The lowest BCUT2D eigenvalue weighted by molar-refractivity contribution is -0.120. The predicted molar refractivity (Wildman–Crippen MR) is 86.3 cm³/mol. The van der Waals surface area contributed by atoms with Crippen molar-refractivity contribution in [1.29, 1.82) is 0 Å². The van der Waals surface area contributed by atoms with Gasteiger partial charge in [0, 0.05) is 19.5 Å². The van der Waals surface area contributed by atoms with Crippen molar-refractivity contribution in [2.45, 2.75) is 32.7 Å². The van der Waals surface area contributed by atoms with E-state index in [1.165, 1.54) is 12.8 Å². The molecule has 1 heterocycles. The fraction of sp³-hybridized carbons (Fsp3) is 0.529. The second-order valence-corrected chi connectivity index (χ2v) is 5.99. The van der Waals surface area contributed by atoms with Crippen LogP contribution in [0.4, 0.5) is 4.79 Å². The van der Waals surface area contributed by atoms with E-state index in [2.05, 4.69) is 22.5 Å². The van der Waals surface area contributed by atoms with Crippen LogP contribution in [0.5, 0.6) is 0 Å². The van der Waals surface area contributed by atoms with Crippen molar-refractivity contribution in [1.82, 2.24) is 15.5 Å². The quantitative estimate of drug-likeness (QED) is 0.876. The summed E-state index contributed by atoms with van der Waals surface area (Å²) in [5, 5.41) is 5.07.